The van der Waals surface area contributed by atoms with Crippen LogP contribution >= 0.6 is 12.2 Å². The van der Waals surface area contributed by atoms with E-state index < -0.39 is 5.97 Å². The molecule has 2 aromatic heterocycles. The number of aromatic nitrogens is 2. The van der Waals surface area contributed by atoms with E-state index in [9.17, 15) is 14.7 Å². The minimum Gasteiger partial charge on any atom is -0.478 e. The molecule has 9 heteroatoms. The Kier molecular flexibility index (Phi) is 6.65. The Bertz CT molecular complexity index is 1240. The summed E-state index contributed by atoms with van der Waals surface area (Å²) in [5.41, 5.74) is 4.59. The second-order valence-corrected chi connectivity index (χ2v) is 8.46. The Morgan fingerprint density at radius 1 is 1.18 bits per heavy atom. The third-order valence-corrected chi connectivity index (χ3v) is 6.30. The van der Waals surface area contributed by atoms with Gasteiger partial charge in [-0.15, -0.1) is 0 Å². The summed E-state index contributed by atoms with van der Waals surface area (Å²) in [6.45, 7) is 6.01. The van der Waals surface area contributed by atoms with Crippen molar-refractivity contribution in [2.75, 3.05) is 13.2 Å². The standard InChI is InChI=1S/C25H26N4O4S/c1-4-33-21(30)14-28-23(22(27-25(28)34)20-10-5-6-11-26-20)19-12-15(2)29(16(19)3)18-9-7-8-17(13-18)24(31)32/h5-13,22-23H,4,14H2,1-3H3,(H,27,34)(H,31,32)/t22-,23-/m0/s1. The van der Waals surface area contributed by atoms with Crippen LogP contribution < -0.4 is 5.32 Å². The van der Waals surface area contributed by atoms with Gasteiger partial charge in [0.25, 0.3) is 0 Å². The van der Waals surface area contributed by atoms with E-state index in [-0.39, 0.29) is 36.8 Å². The quantitative estimate of drug-likeness (QED) is 0.392. The topological polar surface area (TPSA) is 96.7 Å². The number of carboxylic acids is 1. The number of carbonyl (C=O) groups is 2. The molecule has 0 radical (unpaired) electrons. The van der Waals surface area contributed by atoms with Gasteiger partial charge in [-0.2, -0.15) is 0 Å². The van der Waals surface area contributed by atoms with Crippen molar-refractivity contribution >= 4 is 29.3 Å². The van der Waals surface area contributed by atoms with Crippen molar-refractivity contribution in [3.05, 3.63) is 82.9 Å². The van der Waals surface area contributed by atoms with Gasteiger partial charge >= 0.3 is 11.9 Å². The van der Waals surface area contributed by atoms with E-state index in [1.165, 1.54) is 0 Å². The molecule has 1 aliphatic rings. The Balaban J connectivity index is 1.82. The summed E-state index contributed by atoms with van der Waals surface area (Å²) in [6, 6.07) is 14.0. The van der Waals surface area contributed by atoms with Crippen molar-refractivity contribution in [1.29, 1.82) is 0 Å². The molecule has 0 spiro atoms. The van der Waals surface area contributed by atoms with Gasteiger partial charge in [-0.3, -0.25) is 9.78 Å². The zero-order valence-electron chi connectivity index (χ0n) is 19.2. The van der Waals surface area contributed by atoms with Crippen LogP contribution in [0.25, 0.3) is 5.69 Å². The number of hydrogen-bond acceptors (Lipinski definition) is 5. The second-order valence-electron chi connectivity index (χ2n) is 8.08. The number of hydrogen-bond donors (Lipinski definition) is 2. The largest absolute Gasteiger partial charge is 0.478 e. The first-order valence-electron chi connectivity index (χ1n) is 11.0. The highest BCUT2D eigenvalue weighted by atomic mass is 32.1. The molecule has 3 aromatic rings. The van der Waals surface area contributed by atoms with Crippen molar-refractivity contribution in [3.8, 4) is 5.69 Å². The smallest absolute Gasteiger partial charge is 0.335 e. The van der Waals surface area contributed by atoms with Crippen LogP contribution in [0.2, 0.25) is 0 Å². The average molecular weight is 479 g/mol. The van der Waals surface area contributed by atoms with E-state index in [1.54, 1.807) is 31.3 Å². The first-order chi connectivity index (χ1) is 16.3. The zero-order valence-corrected chi connectivity index (χ0v) is 20.0. The number of aryl methyl sites for hydroxylation is 1. The van der Waals surface area contributed by atoms with Gasteiger partial charge in [-0.05, 0) is 75.0 Å². The molecule has 2 atom stereocenters. The Morgan fingerprint density at radius 3 is 2.65 bits per heavy atom. The molecule has 8 nitrogen and oxygen atoms in total. The maximum Gasteiger partial charge on any atom is 0.335 e. The monoisotopic (exact) mass is 478 g/mol. The van der Waals surface area contributed by atoms with Gasteiger partial charge in [0.1, 0.15) is 6.54 Å². The van der Waals surface area contributed by atoms with E-state index >= 15 is 0 Å². The first kappa shape index (κ1) is 23.4. The van der Waals surface area contributed by atoms with Crippen molar-refractivity contribution in [3.63, 3.8) is 0 Å². The molecule has 3 heterocycles. The lowest BCUT2D eigenvalue weighted by atomic mass is 9.97. The van der Waals surface area contributed by atoms with Crippen LogP contribution in [0, 0.1) is 13.8 Å². The molecular weight excluding hydrogens is 452 g/mol. The molecule has 0 aliphatic carbocycles. The fraction of sp³-hybridized carbons (Fsp3) is 0.280. The van der Waals surface area contributed by atoms with Gasteiger partial charge in [-0.25, -0.2) is 4.79 Å². The first-order valence-corrected chi connectivity index (χ1v) is 11.4. The Hall–Kier alpha value is -3.72. The van der Waals surface area contributed by atoms with Gasteiger partial charge < -0.3 is 24.6 Å². The van der Waals surface area contributed by atoms with Gasteiger partial charge in [-0.1, -0.05) is 12.1 Å². The lowest BCUT2D eigenvalue weighted by Crippen LogP contribution is -2.35. The van der Waals surface area contributed by atoms with Gasteiger partial charge in [0.15, 0.2) is 5.11 Å². The number of carboxylic acid groups (broad SMARTS) is 1. The van der Waals surface area contributed by atoms with E-state index in [0.29, 0.717) is 5.11 Å². The predicted molar refractivity (Wildman–Crippen MR) is 131 cm³/mol. The highest BCUT2D eigenvalue weighted by Crippen LogP contribution is 2.41. The average Bonchev–Trinajstić information content (AvgIpc) is 3.29. The number of nitrogens with one attached hydrogen (secondary N) is 1. The van der Waals surface area contributed by atoms with E-state index in [0.717, 1.165) is 28.3 Å². The molecule has 1 aliphatic heterocycles. The van der Waals surface area contributed by atoms with Crippen LogP contribution in [0.3, 0.4) is 0 Å². The van der Waals surface area contributed by atoms with Crippen molar-refractivity contribution in [1.82, 2.24) is 19.8 Å². The fourth-order valence-corrected chi connectivity index (χ4v) is 4.83. The van der Waals surface area contributed by atoms with Crippen LogP contribution in [0.4, 0.5) is 0 Å². The van der Waals surface area contributed by atoms with Gasteiger partial charge in [0.2, 0.25) is 0 Å². The normalized spacial score (nSPS) is 17.5. The highest BCUT2D eigenvalue weighted by Gasteiger charge is 2.42. The number of carbonyl (C=O) groups excluding carboxylic acids is 1. The van der Waals surface area contributed by atoms with Crippen molar-refractivity contribution in [2.24, 2.45) is 0 Å². The number of benzene rings is 1. The number of nitrogens with zero attached hydrogens (tertiary/aromatic N) is 3. The SMILES string of the molecule is CCOC(=O)CN1C(=S)N[C@@H](c2ccccn2)[C@@H]1c1cc(C)n(-c2cccc(C(=O)O)c2)c1C. The zero-order chi connectivity index (χ0) is 24.4. The molecule has 0 unspecified atom stereocenters. The van der Waals surface area contributed by atoms with Gasteiger partial charge in [0, 0.05) is 23.3 Å². The summed E-state index contributed by atoms with van der Waals surface area (Å²) in [5.74, 6) is -1.34. The molecule has 0 bridgehead atoms. The summed E-state index contributed by atoms with van der Waals surface area (Å²) in [6.07, 6.45) is 1.73. The summed E-state index contributed by atoms with van der Waals surface area (Å²) >= 11 is 5.63. The number of rotatable bonds is 7. The van der Waals surface area contributed by atoms with E-state index in [2.05, 4.69) is 16.4 Å². The molecule has 176 valence electrons. The van der Waals surface area contributed by atoms with Crippen molar-refractivity contribution < 1.29 is 19.4 Å². The summed E-state index contributed by atoms with van der Waals surface area (Å²) < 4.78 is 7.21. The third kappa shape index (κ3) is 4.38. The summed E-state index contributed by atoms with van der Waals surface area (Å²) in [7, 11) is 0. The second kappa shape index (κ2) is 9.64. The number of thiocarbonyl (C=S) groups is 1. The highest BCUT2D eigenvalue weighted by molar-refractivity contribution is 7.80. The Morgan fingerprint density at radius 2 is 1.97 bits per heavy atom. The molecule has 0 amide bonds. The van der Waals surface area contributed by atoms with Crippen LogP contribution in [0.1, 0.15) is 52.0 Å². The number of pyridine rings is 1. The Labute approximate surface area is 203 Å². The molecular formula is C25H26N4O4S. The summed E-state index contributed by atoms with van der Waals surface area (Å²) in [5, 5.41) is 13.2. The minimum absolute atomic E-state index is 0.00579. The lowest BCUT2D eigenvalue weighted by Gasteiger charge is -2.27. The maximum atomic E-state index is 12.4. The van der Waals surface area contributed by atoms with Crippen molar-refractivity contribution in [2.45, 2.75) is 32.9 Å². The third-order valence-electron chi connectivity index (χ3n) is 5.94. The molecule has 1 aromatic carbocycles. The number of esters is 1. The lowest BCUT2D eigenvalue weighted by molar-refractivity contribution is -0.143. The molecule has 2 N–H and O–H groups in total. The van der Waals surface area contributed by atoms with Crippen LogP contribution in [-0.2, 0) is 9.53 Å². The number of aromatic carboxylic acids is 1. The molecule has 34 heavy (non-hydrogen) atoms. The van der Waals surface area contributed by atoms with Crippen LogP contribution in [0.15, 0.2) is 54.7 Å². The van der Waals surface area contributed by atoms with E-state index in [4.69, 9.17) is 17.0 Å². The number of ether oxygens (including phenoxy) is 1. The van der Waals surface area contributed by atoms with Gasteiger partial charge in [0.05, 0.1) is 29.9 Å². The van der Waals surface area contributed by atoms with Crippen LogP contribution in [-0.4, -0.2) is 49.8 Å². The van der Waals surface area contributed by atoms with E-state index in [1.807, 2.05) is 47.6 Å². The predicted octanol–water partition coefficient (Wildman–Crippen LogP) is 3.72. The molecule has 1 saturated heterocycles. The molecule has 4 rings (SSSR count). The maximum absolute atomic E-state index is 12.4. The fourth-order valence-electron chi connectivity index (χ4n) is 4.52. The summed E-state index contributed by atoms with van der Waals surface area (Å²) in [4.78, 5) is 30.3. The molecule has 1 fully saturated rings. The molecule has 0 saturated carbocycles. The minimum atomic E-state index is -0.981. The van der Waals surface area contributed by atoms with Crippen LogP contribution in [0.5, 0.6) is 0 Å².